The van der Waals surface area contributed by atoms with Gasteiger partial charge in [-0.15, -0.1) is 11.3 Å². The van der Waals surface area contributed by atoms with Crippen LogP contribution in [0.3, 0.4) is 0 Å². The smallest absolute Gasteiger partial charge is 0.133 e. The molecule has 3 rings (SSSR count). The van der Waals surface area contributed by atoms with Crippen LogP contribution in [-0.4, -0.2) is 16.6 Å². The number of likely N-dealkylation sites (tertiary alicyclic amines) is 1. The van der Waals surface area contributed by atoms with Crippen LogP contribution in [0.2, 0.25) is 0 Å². The lowest BCUT2D eigenvalue weighted by Crippen LogP contribution is -2.32. The highest BCUT2D eigenvalue weighted by atomic mass is 32.1. The monoisotopic (exact) mass is 276 g/mol. The summed E-state index contributed by atoms with van der Waals surface area (Å²) in [7, 11) is 0. The number of rotatable bonds is 3. The summed E-state index contributed by atoms with van der Waals surface area (Å²) in [6.45, 7) is 6.33. The average molecular weight is 276 g/mol. The van der Waals surface area contributed by atoms with E-state index in [9.17, 15) is 0 Å². The van der Waals surface area contributed by atoms with E-state index < -0.39 is 0 Å². The molecule has 2 aromatic heterocycles. The van der Waals surface area contributed by atoms with E-state index in [0.717, 1.165) is 24.5 Å². The number of thiophene rings is 1. The maximum atomic E-state index is 5.25. The number of piperidine rings is 1. The van der Waals surface area contributed by atoms with Crippen molar-refractivity contribution in [2.24, 2.45) is 0 Å². The van der Waals surface area contributed by atoms with E-state index in [1.54, 1.807) is 0 Å². The third kappa shape index (κ3) is 2.90. The van der Waals surface area contributed by atoms with Crippen molar-refractivity contribution in [1.29, 1.82) is 0 Å². The molecule has 0 aliphatic carbocycles. The van der Waals surface area contributed by atoms with Crippen LogP contribution in [0.5, 0.6) is 0 Å². The van der Waals surface area contributed by atoms with Gasteiger partial charge in [-0.3, -0.25) is 4.90 Å². The fraction of sp³-hybridized carbons (Fsp3) is 0.533. The third-order valence-electron chi connectivity index (χ3n) is 3.76. The average Bonchev–Trinajstić information content (AvgIpc) is 2.99. The zero-order valence-electron chi connectivity index (χ0n) is 11.6. The van der Waals surface area contributed by atoms with Crippen LogP contribution in [-0.2, 0) is 6.54 Å². The Morgan fingerprint density at radius 2 is 2.26 bits per heavy atom. The van der Waals surface area contributed by atoms with Crippen LogP contribution in [0.25, 0.3) is 0 Å². The van der Waals surface area contributed by atoms with E-state index in [1.807, 2.05) is 18.3 Å². The third-order valence-corrected chi connectivity index (χ3v) is 4.74. The van der Waals surface area contributed by atoms with Gasteiger partial charge in [-0.05, 0) is 45.4 Å². The molecule has 2 aromatic rings. The molecule has 4 heteroatoms. The number of hydrogen-bond acceptors (Lipinski definition) is 4. The minimum Gasteiger partial charge on any atom is -0.361 e. The molecule has 1 saturated heterocycles. The fourth-order valence-corrected chi connectivity index (χ4v) is 3.74. The SMILES string of the molecule is Cc1cc([C@@H]2CCCCN2Cc2ccc(C)s2)no1. The molecule has 1 fully saturated rings. The molecule has 3 nitrogen and oxygen atoms in total. The Hall–Kier alpha value is -1.13. The van der Waals surface area contributed by atoms with Crippen LogP contribution >= 0.6 is 11.3 Å². The van der Waals surface area contributed by atoms with Gasteiger partial charge in [-0.2, -0.15) is 0 Å². The maximum Gasteiger partial charge on any atom is 0.133 e. The van der Waals surface area contributed by atoms with E-state index >= 15 is 0 Å². The first-order valence-corrected chi connectivity index (χ1v) is 7.76. The van der Waals surface area contributed by atoms with Crippen molar-refractivity contribution in [2.45, 2.75) is 45.7 Å². The molecule has 0 N–H and O–H groups in total. The maximum absolute atomic E-state index is 5.25. The van der Waals surface area contributed by atoms with Gasteiger partial charge in [-0.1, -0.05) is 11.6 Å². The minimum absolute atomic E-state index is 0.425. The molecule has 1 aliphatic heterocycles. The first-order chi connectivity index (χ1) is 9.22. The molecular weight excluding hydrogens is 256 g/mol. The molecule has 0 radical (unpaired) electrons. The lowest BCUT2D eigenvalue weighted by Gasteiger charge is -2.34. The highest BCUT2D eigenvalue weighted by Crippen LogP contribution is 2.32. The Labute approximate surface area is 118 Å². The molecule has 102 valence electrons. The second kappa shape index (κ2) is 5.47. The van der Waals surface area contributed by atoms with E-state index in [0.29, 0.717) is 6.04 Å². The molecule has 0 saturated carbocycles. The van der Waals surface area contributed by atoms with E-state index in [2.05, 4.69) is 35.2 Å². The first-order valence-electron chi connectivity index (χ1n) is 6.95. The minimum atomic E-state index is 0.425. The number of aryl methyl sites for hydroxylation is 2. The quantitative estimate of drug-likeness (QED) is 0.846. The second-order valence-corrected chi connectivity index (χ2v) is 6.73. The summed E-state index contributed by atoms with van der Waals surface area (Å²) in [6, 6.07) is 6.97. The Bertz CT molecular complexity index is 546. The number of hydrogen-bond donors (Lipinski definition) is 0. The van der Waals surface area contributed by atoms with Crippen LogP contribution in [0.15, 0.2) is 22.7 Å². The zero-order valence-corrected chi connectivity index (χ0v) is 12.4. The molecule has 19 heavy (non-hydrogen) atoms. The molecular formula is C15H20N2OS. The Morgan fingerprint density at radius 1 is 1.37 bits per heavy atom. The van der Waals surface area contributed by atoms with Crippen molar-refractivity contribution in [3.8, 4) is 0 Å². The summed E-state index contributed by atoms with van der Waals surface area (Å²) >= 11 is 1.90. The van der Waals surface area contributed by atoms with Crippen LogP contribution in [0.1, 0.15) is 46.5 Å². The van der Waals surface area contributed by atoms with Gasteiger partial charge in [0.05, 0.1) is 6.04 Å². The predicted molar refractivity (Wildman–Crippen MR) is 77.3 cm³/mol. The summed E-state index contributed by atoms with van der Waals surface area (Å²) in [4.78, 5) is 5.39. The van der Waals surface area contributed by atoms with Gasteiger partial charge in [0.15, 0.2) is 0 Å². The summed E-state index contributed by atoms with van der Waals surface area (Å²) in [5.41, 5.74) is 1.10. The fourth-order valence-electron chi connectivity index (χ4n) is 2.83. The molecule has 0 amide bonds. The predicted octanol–water partition coefficient (Wildman–Crippen LogP) is 4.08. The Balaban J connectivity index is 1.77. The molecule has 1 atom stereocenters. The van der Waals surface area contributed by atoms with Gasteiger partial charge < -0.3 is 4.52 Å². The van der Waals surface area contributed by atoms with Gasteiger partial charge in [-0.25, -0.2) is 0 Å². The highest BCUT2D eigenvalue weighted by Gasteiger charge is 2.26. The Morgan fingerprint density at radius 3 is 2.95 bits per heavy atom. The molecule has 1 aliphatic rings. The van der Waals surface area contributed by atoms with E-state index in [4.69, 9.17) is 4.52 Å². The van der Waals surface area contributed by atoms with Gasteiger partial charge in [0.2, 0.25) is 0 Å². The van der Waals surface area contributed by atoms with Crippen molar-refractivity contribution in [3.05, 3.63) is 39.4 Å². The topological polar surface area (TPSA) is 29.3 Å². The highest BCUT2D eigenvalue weighted by molar-refractivity contribution is 7.11. The molecule has 0 spiro atoms. The lowest BCUT2D eigenvalue weighted by atomic mass is 9.99. The summed E-state index contributed by atoms with van der Waals surface area (Å²) in [5.74, 6) is 0.910. The van der Waals surface area contributed by atoms with Gasteiger partial charge in [0.1, 0.15) is 11.5 Å². The number of aromatic nitrogens is 1. The van der Waals surface area contributed by atoms with Crippen LogP contribution < -0.4 is 0 Å². The van der Waals surface area contributed by atoms with Crippen molar-refractivity contribution in [2.75, 3.05) is 6.54 Å². The summed E-state index contributed by atoms with van der Waals surface area (Å²) in [5, 5.41) is 4.22. The van der Waals surface area contributed by atoms with Crippen molar-refractivity contribution >= 4 is 11.3 Å². The summed E-state index contributed by atoms with van der Waals surface area (Å²) in [6.07, 6.45) is 3.77. The van der Waals surface area contributed by atoms with Crippen LogP contribution in [0, 0.1) is 13.8 Å². The van der Waals surface area contributed by atoms with Crippen molar-refractivity contribution in [3.63, 3.8) is 0 Å². The van der Waals surface area contributed by atoms with Crippen molar-refractivity contribution in [1.82, 2.24) is 10.1 Å². The number of nitrogens with zero attached hydrogens (tertiary/aromatic N) is 2. The van der Waals surface area contributed by atoms with E-state index in [1.165, 1.54) is 29.0 Å². The standard InChI is InChI=1S/C15H20N2OS/c1-11-9-14(16-18-11)15-5-3-4-8-17(15)10-13-7-6-12(2)19-13/h6-7,9,15H,3-5,8,10H2,1-2H3/t15-/m0/s1. The first kappa shape index (κ1) is 12.9. The van der Waals surface area contributed by atoms with Crippen molar-refractivity contribution < 1.29 is 4.52 Å². The van der Waals surface area contributed by atoms with Crippen LogP contribution in [0.4, 0.5) is 0 Å². The van der Waals surface area contributed by atoms with Gasteiger partial charge in [0.25, 0.3) is 0 Å². The van der Waals surface area contributed by atoms with Gasteiger partial charge >= 0.3 is 0 Å². The molecule has 3 heterocycles. The lowest BCUT2D eigenvalue weighted by molar-refractivity contribution is 0.135. The largest absolute Gasteiger partial charge is 0.361 e. The van der Waals surface area contributed by atoms with E-state index in [-0.39, 0.29) is 0 Å². The van der Waals surface area contributed by atoms with Gasteiger partial charge in [0, 0.05) is 22.4 Å². The summed E-state index contributed by atoms with van der Waals surface area (Å²) < 4.78 is 5.25. The molecule has 0 bridgehead atoms. The zero-order chi connectivity index (χ0) is 13.2. The molecule has 0 aromatic carbocycles. The Kier molecular flexibility index (Phi) is 3.71. The normalized spacial score (nSPS) is 20.8. The second-order valence-electron chi connectivity index (χ2n) is 5.36. The molecule has 0 unspecified atom stereocenters.